The lowest BCUT2D eigenvalue weighted by atomic mass is 10.1. The van der Waals surface area contributed by atoms with Gasteiger partial charge in [-0.15, -0.1) is 0 Å². The molecule has 35 heavy (non-hydrogen) atoms. The standard InChI is InChI=1S/C29H24N4O2/c1-3-32(4-2)21-15-16-22-25(17-21)35-29(34)24-18-23-26(19-11-7-5-8-12-19)31-33(28(23)30-27(22)24)20-13-9-6-10-14-20/h5-18H,3-4H2,1-2H3. The maximum absolute atomic E-state index is 13.1. The number of hydrogen-bond acceptors (Lipinski definition) is 5. The first-order valence-electron chi connectivity index (χ1n) is 11.8. The maximum atomic E-state index is 13.1. The highest BCUT2D eigenvalue weighted by Gasteiger charge is 2.19. The molecule has 0 unspecified atom stereocenters. The Bertz CT molecular complexity index is 1730. The Morgan fingerprint density at radius 2 is 1.54 bits per heavy atom. The zero-order valence-corrected chi connectivity index (χ0v) is 19.6. The lowest BCUT2D eigenvalue weighted by Gasteiger charge is -2.21. The molecular formula is C29H24N4O2. The summed E-state index contributed by atoms with van der Waals surface area (Å²) in [5.74, 6) is 0. The number of pyridine rings is 1. The summed E-state index contributed by atoms with van der Waals surface area (Å²) < 4.78 is 7.64. The van der Waals surface area contributed by atoms with Gasteiger partial charge in [-0.2, -0.15) is 5.10 Å². The second kappa shape index (κ2) is 8.40. The molecule has 3 aromatic carbocycles. The number of para-hydroxylation sites is 1. The first-order valence-corrected chi connectivity index (χ1v) is 11.8. The normalized spacial score (nSPS) is 11.5. The van der Waals surface area contributed by atoms with Gasteiger partial charge in [-0.1, -0.05) is 48.5 Å². The van der Waals surface area contributed by atoms with Crippen LogP contribution in [0.3, 0.4) is 0 Å². The predicted molar refractivity (Wildman–Crippen MR) is 141 cm³/mol. The summed E-state index contributed by atoms with van der Waals surface area (Å²) in [6.07, 6.45) is 0. The van der Waals surface area contributed by atoms with E-state index in [0.29, 0.717) is 22.1 Å². The zero-order chi connectivity index (χ0) is 23.9. The van der Waals surface area contributed by atoms with Crippen LogP contribution in [-0.2, 0) is 0 Å². The second-order valence-corrected chi connectivity index (χ2v) is 8.46. The molecule has 0 saturated heterocycles. The van der Waals surface area contributed by atoms with E-state index in [1.807, 2.05) is 83.5 Å². The summed E-state index contributed by atoms with van der Waals surface area (Å²) in [5.41, 5.74) is 5.11. The minimum atomic E-state index is -0.398. The van der Waals surface area contributed by atoms with Gasteiger partial charge in [0, 0.05) is 41.2 Å². The molecule has 0 radical (unpaired) electrons. The molecule has 0 spiro atoms. The Kier molecular flexibility index (Phi) is 5.07. The topological polar surface area (TPSA) is 64.2 Å². The maximum Gasteiger partial charge on any atom is 0.345 e. The lowest BCUT2D eigenvalue weighted by molar-refractivity contribution is 0.569. The average molecular weight is 461 g/mol. The van der Waals surface area contributed by atoms with E-state index in [1.54, 1.807) is 0 Å². The molecule has 0 saturated carbocycles. The fourth-order valence-corrected chi connectivity index (χ4v) is 4.69. The van der Waals surface area contributed by atoms with Gasteiger partial charge in [-0.05, 0) is 44.2 Å². The number of benzene rings is 3. The number of fused-ring (bicyclic) bond motifs is 4. The molecule has 3 heterocycles. The molecule has 3 aromatic heterocycles. The Balaban J connectivity index is 1.69. The smallest absolute Gasteiger partial charge is 0.345 e. The SMILES string of the molecule is CCN(CC)c1ccc2c(c1)oc(=O)c1cc3c(-c4ccccc4)nn(-c4ccccc4)c3nc12. The van der Waals surface area contributed by atoms with Crippen LogP contribution in [0.5, 0.6) is 0 Å². The quantitative estimate of drug-likeness (QED) is 0.227. The summed E-state index contributed by atoms with van der Waals surface area (Å²) in [6, 6.07) is 27.7. The van der Waals surface area contributed by atoms with E-state index in [9.17, 15) is 4.79 Å². The van der Waals surface area contributed by atoms with Crippen LogP contribution >= 0.6 is 0 Å². The van der Waals surface area contributed by atoms with Gasteiger partial charge in [0.25, 0.3) is 0 Å². The largest absolute Gasteiger partial charge is 0.422 e. The lowest BCUT2D eigenvalue weighted by Crippen LogP contribution is -2.21. The molecule has 172 valence electrons. The van der Waals surface area contributed by atoms with Crippen LogP contribution in [0.2, 0.25) is 0 Å². The summed E-state index contributed by atoms with van der Waals surface area (Å²) in [7, 11) is 0. The van der Waals surface area contributed by atoms with E-state index in [1.165, 1.54) is 0 Å². The molecule has 0 atom stereocenters. The number of aromatic nitrogens is 3. The molecule has 6 nitrogen and oxygen atoms in total. The summed E-state index contributed by atoms with van der Waals surface area (Å²) >= 11 is 0. The number of anilines is 1. The molecule has 6 rings (SSSR count). The van der Waals surface area contributed by atoms with Crippen molar-refractivity contribution in [3.05, 3.63) is 95.3 Å². The molecule has 0 amide bonds. The predicted octanol–water partition coefficient (Wildman–Crippen LogP) is 6.19. The van der Waals surface area contributed by atoms with Gasteiger partial charge >= 0.3 is 5.63 Å². The van der Waals surface area contributed by atoms with Crippen LogP contribution in [0, 0.1) is 0 Å². The summed E-state index contributed by atoms with van der Waals surface area (Å²) in [5, 5.41) is 7.00. The van der Waals surface area contributed by atoms with Crippen LogP contribution in [0.15, 0.2) is 94.1 Å². The Morgan fingerprint density at radius 3 is 2.26 bits per heavy atom. The number of rotatable bonds is 5. The van der Waals surface area contributed by atoms with Crippen molar-refractivity contribution < 1.29 is 4.42 Å². The van der Waals surface area contributed by atoms with Gasteiger partial charge in [-0.3, -0.25) is 0 Å². The van der Waals surface area contributed by atoms with Crippen LogP contribution in [0.1, 0.15) is 13.8 Å². The van der Waals surface area contributed by atoms with E-state index in [2.05, 4.69) is 24.8 Å². The molecule has 6 aromatic rings. The Hall–Kier alpha value is -4.45. The first kappa shape index (κ1) is 21.1. The van der Waals surface area contributed by atoms with Gasteiger partial charge in [0.2, 0.25) is 0 Å². The van der Waals surface area contributed by atoms with E-state index in [-0.39, 0.29) is 0 Å². The van der Waals surface area contributed by atoms with Gasteiger partial charge in [0.15, 0.2) is 5.65 Å². The third-order valence-corrected chi connectivity index (χ3v) is 6.48. The van der Waals surface area contributed by atoms with Gasteiger partial charge < -0.3 is 9.32 Å². The molecular weight excluding hydrogens is 436 g/mol. The molecule has 0 N–H and O–H groups in total. The van der Waals surface area contributed by atoms with E-state index < -0.39 is 5.63 Å². The second-order valence-electron chi connectivity index (χ2n) is 8.46. The van der Waals surface area contributed by atoms with Crippen molar-refractivity contribution in [1.29, 1.82) is 0 Å². The van der Waals surface area contributed by atoms with Crippen molar-refractivity contribution in [3.8, 4) is 16.9 Å². The van der Waals surface area contributed by atoms with Crippen LogP contribution in [-0.4, -0.2) is 27.9 Å². The highest BCUT2D eigenvalue weighted by molar-refractivity contribution is 6.08. The molecule has 0 bridgehead atoms. The van der Waals surface area contributed by atoms with Crippen molar-refractivity contribution >= 4 is 38.6 Å². The van der Waals surface area contributed by atoms with Crippen LogP contribution < -0.4 is 10.5 Å². The van der Waals surface area contributed by atoms with Gasteiger partial charge in [0.1, 0.15) is 11.3 Å². The highest BCUT2D eigenvalue weighted by atomic mass is 16.4. The Labute approximate surface area is 202 Å². The zero-order valence-electron chi connectivity index (χ0n) is 19.6. The highest BCUT2D eigenvalue weighted by Crippen LogP contribution is 2.33. The van der Waals surface area contributed by atoms with Crippen molar-refractivity contribution in [2.75, 3.05) is 18.0 Å². The third-order valence-electron chi connectivity index (χ3n) is 6.48. The van der Waals surface area contributed by atoms with Gasteiger partial charge in [0.05, 0.1) is 16.6 Å². The third kappa shape index (κ3) is 3.46. The minimum Gasteiger partial charge on any atom is -0.422 e. The van der Waals surface area contributed by atoms with Crippen molar-refractivity contribution in [1.82, 2.24) is 14.8 Å². The number of hydrogen-bond donors (Lipinski definition) is 0. The Morgan fingerprint density at radius 1 is 0.829 bits per heavy atom. The fraction of sp³-hybridized carbons (Fsp3) is 0.138. The van der Waals surface area contributed by atoms with Crippen LogP contribution in [0.25, 0.3) is 49.9 Å². The van der Waals surface area contributed by atoms with Crippen LogP contribution in [0.4, 0.5) is 5.69 Å². The number of nitrogens with zero attached hydrogens (tertiary/aromatic N) is 4. The molecule has 0 fully saturated rings. The monoisotopic (exact) mass is 460 g/mol. The van der Waals surface area contributed by atoms with E-state index >= 15 is 0 Å². The van der Waals surface area contributed by atoms with Crippen molar-refractivity contribution in [2.24, 2.45) is 0 Å². The summed E-state index contributed by atoms with van der Waals surface area (Å²) in [6.45, 7) is 5.96. The van der Waals surface area contributed by atoms with Gasteiger partial charge in [-0.25, -0.2) is 14.5 Å². The molecule has 0 aliphatic rings. The summed E-state index contributed by atoms with van der Waals surface area (Å²) in [4.78, 5) is 20.4. The molecule has 0 aliphatic carbocycles. The molecule has 6 heteroatoms. The van der Waals surface area contributed by atoms with E-state index in [4.69, 9.17) is 14.5 Å². The van der Waals surface area contributed by atoms with Crippen molar-refractivity contribution in [2.45, 2.75) is 13.8 Å². The van der Waals surface area contributed by atoms with E-state index in [0.717, 1.165) is 46.5 Å². The minimum absolute atomic E-state index is 0.398. The molecule has 0 aliphatic heterocycles. The first-order chi connectivity index (χ1) is 17.2. The average Bonchev–Trinajstić information content (AvgIpc) is 3.28. The van der Waals surface area contributed by atoms with Crippen molar-refractivity contribution in [3.63, 3.8) is 0 Å². The fourth-order valence-electron chi connectivity index (χ4n) is 4.69.